The van der Waals surface area contributed by atoms with Crippen molar-refractivity contribution in [1.29, 1.82) is 0 Å². The molecule has 0 aromatic heterocycles. The van der Waals surface area contributed by atoms with Crippen LogP contribution >= 0.6 is 39.9 Å². The van der Waals surface area contributed by atoms with Crippen molar-refractivity contribution in [2.45, 2.75) is 4.90 Å². The standard InChI is InChI=1S/C12H14BrClN2O2S.ClH/c13-10-2-1-3-11(14)12(10)19(17,18)16-6-8-4-15-5-9(8)7-16;/h1-3,8-9,15H,4-7H2;1H/t8-,9+;. The molecule has 0 unspecified atom stereocenters. The van der Waals surface area contributed by atoms with E-state index in [1.54, 1.807) is 22.5 Å². The summed E-state index contributed by atoms with van der Waals surface area (Å²) in [6.45, 7) is 2.97. The molecule has 2 atom stereocenters. The Morgan fingerprint density at radius 2 is 1.85 bits per heavy atom. The first-order valence-electron chi connectivity index (χ1n) is 6.15. The molecule has 8 heteroatoms. The normalized spacial score (nSPS) is 26.3. The third-order valence-electron chi connectivity index (χ3n) is 3.87. The first kappa shape index (κ1) is 16.5. The molecule has 2 saturated heterocycles. The van der Waals surface area contributed by atoms with Crippen LogP contribution in [0, 0.1) is 11.8 Å². The van der Waals surface area contributed by atoms with Crippen LogP contribution in [0.2, 0.25) is 5.02 Å². The maximum Gasteiger partial charge on any atom is 0.245 e. The summed E-state index contributed by atoms with van der Waals surface area (Å²) < 4.78 is 27.5. The van der Waals surface area contributed by atoms with Gasteiger partial charge in [-0.3, -0.25) is 0 Å². The molecule has 0 aliphatic carbocycles. The highest BCUT2D eigenvalue weighted by atomic mass is 79.9. The lowest BCUT2D eigenvalue weighted by Crippen LogP contribution is -2.32. The van der Waals surface area contributed by atoms with E-state index >= 15 is 0 Å². The number of sulfonamides is 1. The van der Waals surface area contributed by atoms with Gasteiger partial charge in [-0.2, -0.15) is 4.31 Å². The van der Waals surface area contributed by atoms with Crippen LogP contribution in [0.4, 0.5) is 0 Å². The van der Waals surface area contributed by atoms with Crippen molar-refractivity contribution in [1.82, 2.24) is 9.62 Å². The number of nitrogens with one attached hydrogen (secondary N) is 1. The zero-order valence-corrected chi connectivity index (χ0v) is 14.5. The highest BCUT2D eigenvalue weighted by molar-refractivity contribution is 9.10. The monoisotopic (exact) mass is 400 g/mol. The van der Waals surface area contributed by atoms with Gasteiger partial charge in [0.25, 0.3) is 0 Å². The van der Waals surface area contributed by atoms with Gasteiger partial charge in [0.15, 0.2) is 0 Å². The molecule has 0 bridgehead atoms. The molecule has 112 valence electrons. The number of rotatable bonds is 2. The molecule has 20 heavy (non-hydrogen) atoms. The molecule has 1 N–H and O–H groups in total. The lowest BCUT2D eigenvalue weighted by Gasteiger charge is -2.19. The van der Waals surface area contributed by atoms with Crippen LogP contribution in [-0.2, 0) is 10.0 Å². The van der Waals surface area contributed by atoms with Crippen LogP contribution in [-0.4, -0.2) is 38.9 Å². The van der Waals surface area contributed by atoms with E-state index in [1.165, 1.54) is 0 Å². The lowest BCUT2D eigenvalue weighted by molar-refractivity contribution is 0.447. The second-order valence-electron chi connectivity index (χ2n) is 5.05. The van der Waals surface area contributed by atoms with Gasteiger partial charge in [-0.15, -0.1) is 12.4 Å². The minimum atomic E-state index is -3.52. The van der Waals surface area contributed by atoms with Gasteiger partial charge >= 0.3 is 0 Å². The van der Waals surface area contributed by atoms with Gasteiger partial charge in [-0.25, -0.2) is 8.42 Å². The number of fused-ring (bicyclic) bond motifs is 1. The fourth-order valence-corrected chi connectivity index (χ4v) is 6.09. The molecule has 0 amide bonds. The molecular formula is C12H15BrCl2N2O2S. The first-order valence-corrected chi connectivity index (χ1v) is 8.76. The van der Waals surface area contributed by atoms with Crippen molar-refractivity contribution >= 4 is 50.0 Å². The Morgan fingerprint density at radius 1 is 1.25 bits per heavy atom. The Hall–Kier alpha value is 0.150. The first-order chi connectivity index (χ1) is 9.00. The van der Waals surface area contributed by atoms with Crippen molar-refractivity contribution in [3.8, 4) is 0 Å². The highest BCUT2D eigenvalue weighted by Crippen LogP contribution is 2.36. The Labute approximate surface area is 138 Å². The molecule has 0 saturated carbocycles. The SMILES string of the molecule is Cl.O=S(=O)(c1c(Cl)cccc1Br)N1C[C@H]2CNC[C@H]2C1. The fraction of sp³-hybridized carbons (Fsp3) is 0.500. The van der Waals surface area contributed by atoms with Gasteiger partial charge in [0.05, 0.1) is 5.02 Å². The summed E-state index contributed by atoms with van der Waals surface area (Å²) in [7, 11) is -3.52. The van der Waals surface area contributed by atoms with E-state index in [1.807, 2.05) is 0 Å². The molecule has 0 radical (unpaired) electrons. The summed E-state index contributed by atoms with van der Waals surface area (Å²) in [5.41, 5.74) is 0. The average Bonchev–Trinajstić information content (AvgIpc) is 2.87. The van der Waals surface area contributed by atoms with Gasteiger partial charge in [-0.05, 0) is 53.0 Å². The Balaban J connectivity index is 0.00000147. The topological polar surface area (TPSA) is 49.4 Å². The molecule has 1 aromatic rings. The summed E-state index contributed by atoms with van der Waals surface area (Å²) in [6.07, 6.45) is 0. The fourth-order valence-electron chi connectivity index (χ4n) is 2.87. The van der Waals surface area contributed by atoms with E-state index in [9.17, 15) is 8.42 Å². The quantitative estimate of drug-likeness (QED) is 0.827. The summed E-state index contributed by atoms with van der Waals surface area (Å²) >= 11 is 9.35. The number of hydrogen-bond acceptors (Lipinski definition) is 3. The average molecular weight is 402 g/mol. The van der Waals surface area contributed by atoms with Gasteiger partial charge in [-0.1, -0.05) is 17.7 Å². The van der Waals surface area contributed by atoms with Crippen LogP contribution in [0.5, 0.6) is 0 Å². The zero-order chi connectivity index (χ0) is 13.6. The lowest BCUT2D eigenvalue weighted by atomic mass is 10.0. The summed E-state index contributed by atoms with van der Waals surface area (Å²) in [6, 6.07) is 5.04. The molecule has 0 spiro atoms. The van der Waals surface area contributed by atoms with E-state index in [0.29, 0.717) is 29.4 Å². The maximum atomic E-state index is 12.7. The third-order valence-corrected chi connectivity index (χ3v) is 7.16. The van der Waals surface area contributed by atoms with E-state index in [4.69, 9.17) is 11.6 Å². The van der Waals surface area contributed by atoms with Gasteiger partial charge in [0.2, 0.25) is 10.0 Å². The predicted octanol–water partition coefficient (Wildman–Crippen LogP) is 2.36. The number of hydrogen-bond donors (Lipinski definition) is 1. The molecule has 3 rings (SSSR count). The maximum absolute atomic E-state index is 12.7. The number of halogens is 3. The summed E-state index contributed by atoms with van der Waals surface area (Å²) in [4.78, 5) is 0.185. The van der Waals surface area contributed by atoms with Crippen molar-refractivity contribution in [3.63, 3.8) is 0 Å². The molecule has 2 aliphatic heterocycles. The second kappa shape index (κ2) is 6.10. The van der Waals surface area contributed by atoms with Crippen molar-refractivity contribution in [3.05, 3.63) is 27.7 Å². The molecule has 2 aliphatic rings. The van der Waals surface area contributed by atoms with Crippen molar-refractivity contribution < 1.29 is 8.42 Å². The number of nitrogens with zero attached hydrogens (tertiary/aromatic N) is 1. The van der Waals surface area contributed by atoms with Gasteiger partial charge in [0.1, 0.15) is 4.90 Å². The van der Waals surface area contributed by atoms with Crippen LogP contribution in [0.1, 0.15) is 0 Å². The summed E-state index contributed by atoms with van der Waals surface area (Å²) in [5.74, 6) is 0.854. The van der Waals surface area contributed by atoms with Gasteiger partial charge < -0.3 is 5.32 Å². The van der Waals surface area contributed by atoms with Crippen LogP contribution in [0.25, 0.3) is 0 Å². The number of benzene rings is 1. The van der Waals surface area contributed by atoms with Crippen molar-refractivity contribution in [2.24, 2.45) is 11.8 Å². The smallest absolute Gasteiger partial charge is 0.245 e. The molecule has 1 aromatic carbocycles. The van der Waals surface area contributed by atoms with Gasteiger partial charge in [0, 0.05) is 17.6 Å². The Morgan fingerprint density at radius 3 is 2.40 bits per heavy atom. The Kier molecular flexibility index (Phi) is 5.04. The zero-order valence-electron chi connectivity index (χ0n) is 10.6. The van der Waals surface area contributed by atoms with Crippen LogP contribution in [0.3, 0.4) is 0 Å². The highest BCUT2D eigenvalue weighted by Gasteiger charge is 2.42. The predicted molar refractivity (Wildman–Crippen MR) is 85.0 cm³/mol. The van der Waals surface area contributed by atoms with E-state index < -0.39 is 10.0 Å². The summed E-state index contributed by atoms with van der Waals surface area (Å²) in [5, 5.41) is 3.57. The van der Waals surface area contributed by atoms with E-state index in [2.05, 4.69) is 21.2 Å². The Bertz CT molecular complexity index is 579. The van der Waals surface area contributed by atoms with E-state index in [-0.39, 0.29) is 22.3 Å². The third kappa shape index (κ3) is 2.74. The van der Waals surface area contributed by atoms with Crippen LogP contribution < -0.4 is 5.32 Å². The van der Waals surface area contributed by atoms with Crippen LogP contribution in [0.15, 0.2) is 27.6 Å². The minimum absolute atomic E-state index is 0. The largest absolute Gasteiger partial charge is 0.316 e. The second-order valence-corrected chi connectivity index (χ2v) is 8.19. The van der Waals surface area contributed by atoms with E-state index in [0.717, 1.165) is 13.1 Å². The molecular weight excluding hydrogens is 387 g/mol. The molecule has 4 nitrogen and oxygen atoms in total. The minimum Gasteiger partial charge on any atom is -0.316 e. The molecule has 2 fully saturated rings. The van der Waals surface area contributed by atoms with Crippen molar-refractivity contribution in [2.75, 3.05) is 26.2 Å². The molecule has 2 heterocycles.